The number of halogens is 2. The SMILES string of the molecule is N#Cc1nc(S(N)(=O)=O)c(O)cc1C(F)F. The van der Waals surface area contributed by atoms with Gasteiger partial charge < -0.3 is 5.11 Å². The number of pyridine rings is 1. The van der Waals surface area contributed by atoms with Gasteiger partial charge in [0.25, 0.3) is 16.4 Å². The van der Waals surface area contributed by atoms with Gasteiger partial charge in [-0.1, -0.05) is 0 Å². The smallest absolute Gasteiger partial charge is 0.266 e. The molecule has 0 aliphatic heterocycles. The normalized spacial score (nSPS) is 11.4. The van der Waals surface area contributed by atoms with Gasteiger partial charge in [0.05, 0.1) is 5.56 Å². The summed E-state index contributed by atoms with van der Waals surface area (Å²) in [5.41, 5.74) is -1.65. The molecule has 0 amide bonds. The zero-order valence-electron chi connectivity index (χ0n) is 7.55. The number of nitrogens with zero attached hydrogens (tertiary/aromatic N) is 2. The molecule has 16 heavy (non-hydrogen) atoms. The highest BCUT2D eigenvalue weighted by molar-refractivity contribution is 7.89. The van der Waals surface area contributed by atoms with Crippen molar-refractivity contribution in [3.8, 4) is 11.8 Å². The number of aromatic nitrogens is 1. The lowest BCUT2D eigenvalue weighted by molar-refractivity contribution is 0.150. The van der Waals surface area contributed by atoms with Gasteiger partial charge in [-0.3, -0.25) is 0 Å². The Morgan fingerprint density at radius 3 is 2.50 bits per heavy atom. The minimum Gasteiger partial charge on any atom is -0.505 e. The molecule has 0 aromatic carbocycles. The maximum atomic E-state index is 12.3. The third kappa shape index (κ3) is 2.23. The average Bonchev–Trinajstić information content (AvgIpc) is 2.15. The molecule has 0 radical (unpaired) electrons. The Bertz CT molecular complexity index is 565. The number of primary sulfonamides is 1. The van der Waals surface area contributed by atoms with E-state index in [9.17, 15) is 17.2 Å². The van der Waals surface area contributed by atoms with E-state index in [1.54, 1.807) is 0 Å². The van der Waals surface area contributed by atoms with Crippen LogP contribution < -0.4 is 5.14 Å². The van der Waals surface area contributed by atoms with E-state index >= 15 is 0 Å². The van der Waals surface area contributed by atoms with Gasteiger partial charge in [-0.2, -0.15) is 5.26 Å². The first-order chi connectivity index (χ1) is 7.27. The van der Waals surface area contributed by atoms with E-state index in [0.29, 0.717) is 6.07 Å². The summed E-state index contributed by atoms with van der Waals surface area (Å²) in [6, 6.07) is 1.75. The highest BCUT2D eigenvalue weighted by atomic mass is 32.2. The van der Waals surface area contributed by atoms with Crippen molar-refractivity contribution in [2.75, 3.05) is 0 Å². The molecule has 0 atom stereocenters. The van der Waals surface area contributed by atoms with Gasteiger partial charge >= 0.3 is 0 Å². The van der Waals surface area contributed by atoms with E-state index in [1.165, 1.54) is 6.07 Å². The van der Waals surface area contributed by atoms with Gasteiger partial charge in [-0.15, -0.1) is 0 Å². The number of aromatic hydroxyl groups is 1. The predicted octanol–water partition coefficient (Wildman–Crippen LogP) is 0.244. The van der Waals surface area contributed by atoms with E-state index in [2.05, 4.69) is 10.1 Å². The molecule has 0 bridgehead atoms. The number of nitriles is 1. The third-order valence-electron chi connectivity index (χ3n) is 1.61. The molecule has 0 aliphatic rings. The van der Waals surface area contributed by atoms with Crippen LogP contribution in [-0.4, -0.2) is 18.5 Å². The molecule has 0 spiro atoms. The average molecular weight is 249 g/mol. The minimum absolute atomic E-state index is 0.454. The molecular weight excluding hydrogens is 244 g/mol. The van der Waals surface area contributed by atoms with Gasteiger partial charge in [0.15, 0.2) is 11.4 Å². The Balaban J connectivity index is 3.58. The molecule has 0 aliphatic carbocycles. The van der Waals surface area contributed by atoms with Gasteiger partial charge in [-0.25, -0.2) is 27.3 Å². The molecule has 6 nitrogen and oxygen atoms in total. The van der Waals surface area contributed by atoms with Crippen LogP contribution in [-0.2, 0) is 10.0 Å². The molecule has 1 aromatic rings. The standard InChI is InChI=1S/C7H5F2N3O3S/c8-6(9)3-1-5(13)7(16(11,14)15)12-4(3)2-10/h1,6,13H,(H2,11,14,15). The predicted molar refractivity (Wildman–Crippen MR) is 46.9 cm³/mol. The van der Waals surface area contributed by atoms with Crippen LogP contribution in [0.4, 0.5) is 8.78 Å². The topological polar surface area (TPSA) is 117 Å². The van der Waals surface area contributed by atoms with E-state index in [1.807, 2.05) is 0 Å². The van der Waals surface area contributed by atoms with E-state index in [0.717, 1.165) is 0 Å². The summed E-state index contributed by atoms with van der Waals surface area (Å²) < 4.78 is 46.4. The number of hydrogen-bond acceptors (Lipinski definition) is 5. The second kappa shape index (κ2) is 3.99. The fraction of sp³-hybridized carbons (Fsp3) is 0.143. The Hall–Kier alpha value is -1.79. The van der Waals surface area contributed by atoms with Crippen LogP contribution in [0.5, 0.6) is 5.75 Å². The lowest BCUT2D eigenvalue weighted by atomic mass is 10.2. The number of alkyl halides is 2. The highest BCUT2D eigenvalue weighted by Gasteiger charge is 2.23. The van der Waals surface area contributed by atoms with Crippen LogP contribution in [0, 0.1) is 11.3 Å². The summed E-state index contributed by atoms with van der Waals surface area (Å²) >= 11 is 0. The first kappa shape index (κ1) is 12.3. The number of rotatable bonds is 2. The van der Waals surface area contributed by atoms with Crippen molar-refractivity contribution in [1.82, 2.24) is 4.98 Å². The lowest BCUT2D eigenvalue weighted by Gasteiger charge is -2.06. The Morgan fingerprint density at radius 1 is 1.56 bits per heavy atom. The van der Waals surface area contributed by atoms with Gasteiger partial charge in [0.1, 0.15) is 6.07 Å². The second-order valence-electron chi connectivity index (χ2n) is 2.71. The molecule has 0 fully saturated rings. The van der Waals surface area contributed by atoms with Gasteiger partial charge in [0, 0.05) is 0 Å². The summed E-state index contributed by atoms with van der Waals surface area (Å²) in [4.78, 5) is 3.08. The summed E-state index contributed by atoms with van der Waals surface area (Å²) in [6.45, 7) is 0. The second-order valence-corrected chi connectivity index (χ2v) is 4.18. The molecule has 1 rings (SSSR count). The van der Waals surface area contributed by atoms with E-state index in [-0.39, 0.29) is 0 Å². The summed E-state index contributed by atoms with van der Waals surface area (Å²) in [5.74, 6) is -1.02. The Kier molecular flexibility index (Phi) is 3.06. The minimum atomic E-state index is -4.37. The van der Waals surface area contributed by atoms with Crippen molar-refractivity contribution in [2.45, 2.75) is 11.5 Å². The molecule has 0 saturated heterocycles. The van der Waals surface area contributed by atoms with Crippen LogP contribution in [0.2, 0.25) is 0 Å². The van der Waals surface area contributed by atoms with E-state index in [4.69, 9.17) is 10.4 Å². The zero-order valence-corrected chi connectivity index (χ0v) is 8.37. The van der Waals surface area contributed by atoms with Crippen LogP contribution in [0.25, 0.3) is 0 Å². The third-order valence-corrected chi connectivity index (χ3v) is 2.45. The molecule has 1 heterocycles. The molecule has 9 heteroatoms. The molecule has 1 aromatic heterocycles. The maximum absolute atomic E-state index is 12.3. The van der Waals surface area contributed by atoms with Crippen molar-refractivity contribution in [1.29, 1.82) is 5.26 Å². The van der Waals surface area contributed by atoms with Crippen LogP contribution >= 0.6 is 0 Å². The van der Waals surface area contributed by atoms with Crippen LogP contribution in [0.1, 0.15) is 17.7 Å². The van der Waals surface area contributed by atoms with Crippen molar-refractivity contribution in [3.63, 3.8) is 0 Å². The van der Waals surface area contributed by atoms with Crippen LogP contribution in [0.3, 0.4) is 0 Å². The van der Waals surface area contributed by atoms with Gasteiger partial charge in [-0.05, 0) is 6.07 Å². The first-order valence-corrected chi connectivity index (χ1v) is 5.27. The summed E-state index contributed by atoms with van der Waals surface area (Å²) in [7, 11) is -4.37. The zero-order chi connectivity index (χ0) is 12.5. The monoisotopic (exact) mass is 249 g/mol. The Labute approximate surface area is 89.0 Å². The lowest BCUT2D eigenvalue weighted by Crippen LogP contribution is -2.15. The van der Waals surface area contributed by atoms with Crippen molar-refractivity contribution in [3.05, 3.63) is 17.3 Å². The fourth-order valence-electron chi connectivity index (χ4n) is 0.966. The molecular formula is C7H5F2N3O3S. The molecule has 86 valence electrons. The van der Waals surface area contributed by atoms with Crippen molar-refractivity contribution < 1.29 is 22.3 Å². The Morgan fingerprint density at radius 2 is 2.12 bits per heavy atom. The summed E-state index contributed by atoms with van der Waals surface area (Å²) in [5, 5.41) is 21.3. The fourth-order valence-corrected chi connectivity index (χ4v) is 1.53. The first-order valence-electron chi connectivity index (χ1n) is 3.72. The largest absolute Gasteiger partial charge is 0.505 e. The molecule has 3 N–H and O–H groups in total. The quantitative estimate of drug-likeness (QED) is 0.778. The maximum Gasteiger partial charge on any atom is 0.266 e. The molecule has 0 unspecified atom stereocenters. The number of hydrogen-bond donors (Lipinski definition) is 2. The summed E-state index contributed by atoms with van der Waals surface area (Å²) in [6.07, 6.45) is -3.05. The number of sulfonamides is 1. The highest BCUT2D eigenvalue weighted by Crippen LogP contribution is 2.28. The van der Waals surface area contributed by atoms with Crippen molar-refractivity contribution >= 4 is 10.0 Å². The van der Waals surface area contributed by atoms with Gasteiger partial charge in [0.2, 0.25) is 5.03 Å². The number of nitrogens with two attached hydrogens (primary N) is 1. The molecule has 0 saturated carbocycles. The van der Waals surface area contributed by atoms with Crippen LogP contribution in [0.15, 0.2) is 11.1 Å². The van der Waals surface area contributed by atoms with Crippen molar-refractivity contribution in [2.24, 2.45) is 5.14 Å². The van der Waals surface area contributed by atoms with E-state index < -0.39 is 38.5 Å².